The molecule has 0 aromatic carbocycles. The van der Waals surface area contributed by atoms with Crippen molar-refractivity contribution >= 4 is 45.8 Å². The molecule has 0 fully saturated rings. The van der Waals surface area contributed by atoms with Crippen LogP contribution < -0.4 is 0 Å². The van der Waals surface area contributed by atoms with Gasteiger partial charge in [0.25, 0.3) is 0 Å². The van der Waals surface area contributed by atoms with E-state index in [1.54, 1.807) is 34.0 Å². The van der Waals surface area contributed by atoms with Crippen LogP contribution in [-0.2, 0) is 4.93 Å². The lowest BCUT2D eigenvalue weighted by Gasteiger charge is -2.21. The van der Waals surface area contributed by atoms with Gasteiger partial charge in [-0.1, -0.05) is 23.9 Å². The van der Waals surface area contributed by atoms with Gasteiger partial charge in [-0.25, -0.2) is 0 Å². The van der Waals surface area contributed by atoms with Crippen molar-refractivity contribution in [3.05, 3.63) is 56.8 Å². The molecule has 1 aliphatic rings. The highest BCUT2D eigenvalue weighted by molar-refractivity contribution is 8.03. The van der Waals surface area contributed by atoms with Crippen LogP contribution in [0.4, 0.5) is 0 Å². The Labute approximate surface area is 139 Å². The molecule has 0 bridgehead atoms. The van der Waals surface area contributed by atoms with Crippen molar-refractivity contribution in [3.63, 3.8) is 0 Å². The quantitative estimate of drug-likeness (QED) is 0.626. The molecule has 0 saturated heterocycles. The van der Waals surface area contributed by atoms with E-state index in [1.165, 1.54) is 32.6 Å². The Bertz CT molecular complexity index is 771. The predicted molar refractivity (Wildman–Crippen MR) is 96.2 cm³/mol. The van der Waals surface area contributed by atoms with Gasteiger partial charge in [0.05, 0.1) is 4.88 Å². The number of aliphatic hydroxyl groups is 1. The smallest absolute Gasteiger partial charge is 0.153 e. The van der Waals surface area contributed by atoms with Gasteiger partial charge in [-0.3, -0.25) is 0 Å². The molecule has 5 heteroatoms. The van der Waals surface area contributed by atoms with Crippen molar-refractivity contribution in [1.29, 1.82) is 0 Å². The lowest BCUT2D eigenvalue weighted by Crippen LogP contribution is -2.16. The van der Waals surface area contributed by atoms with Gasteiger partial charge in [-0.05, 0) is 39.7 Å². The van der Waals surface area contributed by atoms with Crippen LogP contribution in [0.25, 0.3) is 20.9 Å². The lowest BCUT2D eigenvalue weighted by molar-refractivity contribution is 0.149. The maximum absolute atomic E-state index is 10.9. The summed E-state index contributed by atoms with van der Waals surface area (Å²) in [5.74, 6) is 0. The van der Waals surface area contributed by atoms with Crippen LogP contribution in [0.5, 0.6) is 0 Å². The summed E-state index contributed by atoms with van der Waals surface area (Å²) >= 11 is 6.67. The number of hydrogen-bond acceptors (Lipinski definition) is 5. The van der Waals surface area contributed by atoms with E-state index in [0.717, 1.165) is 4.88 Å². The summed E-state index contributed by atoms with van der Waals surface area (Å²) in [7, 11) is 0. The SMILES string of the molecule is OC1(c2sccc2-c2sccc2-c2cccs2)CC=CS1. The first-order valence-corrected chi connectivity index (χ1v) is 10.0. The molecule has 4 heterocycles. The Hall–Kier alpha value is -0.850. The van der Waals surface area contributed by atoms with Crippen LogP contribution in [-0.4, -0.2) is 5.11 Å². The summed E-state index contributed by atoms with van der Waals surface area (Å²) in [5, 5.41) is 19.2. The summed E-state index contributed by atoms with van der Waals surface area (Å²) < 4.78 is 0. The Kier molecular flexibility index (Phi) is 3.55. The van der Waals surface area contributed by atoms with Crippen molar-refractivity contribution in [2.24, 2.45) is 0 Å². The second kappa shape index (κ2) is 5.41. The Balaban J connectivity index is 1.83. The minimum absolute atomic E-state index is 0.685. The van der Waals surface area contributed by atoms with Gasteiger partial charge >= 0.3 is 0 Å². The van der Waals surface area contributed by atoms with Crippen molar-refractivity contribution in [2.75, 3.05) is 0 Å². The average molecular weight is 349 g/mol. The molecule has 0 saturated carbocycles. The van der Waals surface area contributed by atoms with E-state index < -0.39 is 4.93 Å². The second-order valence-corrected chi connectivity index (χ2v) is 8.75. The molecule has 0 amide bonds. The van der Waals surface area contributed by atoms with E-state index >= 15 is 0 Å². The van der Waals surface area contributed by atoms with E-state index in [4.69, 9.17) is 0 Å². The number of thiophene rings is 3. The fourth-order valence-corrected chi connectivity index (χ4v) is 6.35. The summed E-state index contributed by atoms with van der Waals surface area (Å²) in [4.78, 5) is 2.82. The maximum Gasteiger partial charge on any atom is 0.153 e. The maximum atomic E-state index is 10.9. The topological polar surface area (TPSA) is 20.2 Å². The summed E-state index contributed by atoms with van der Waals surface area (Å²) in [6.07, 6.45) is 2.73. The second-order valence-electron chi connectivity index (χ2n) is 4.78. The van der Waals surface area contributed by atoms with Crippen LogP contribution in [0.15, 0.2) is 51.9 Å². The molecule has 0 spiro atoms. The van der Waals surface area contributed by atoms with Gasteiger partial charge < -0.3 is 5.11 Å². The highest BCUT2D eigenvalue weighted by Gasteiger charge is 2.35. The van der Waals surface area contributed by atoms with Crippen molar-refractivity contribution in [2.45, 2.75) is 11.4 Å². The molecule has 0 aliphatic carbocycles. The van der Waals surface area contributed by atoms with Crippen LogP contribution >= 0.6 is 45.8 Å². The third kappa shape index (κ3) is 2.33. The third-order valence-corrected chi connectivity index (χ3v) is 7.61. The van der Waals surface area contributed by atoms with Crippen molar-refractivity contribution in [3.8, 4) is 20.9 Å². The molecule has 4 rings (SSSR count). The zero-order chi connectivity index (χ0) is 14.3. The highest BCUT2D eigenvalue weighted by atomic mass is 32.2. The van der Waals surface area contributed by atoms with Crippen LogP contribution in [0.2, 0.25) is 0 Å². The van der Waals surface area contributed by atoms with Gasteiger partial charge in [0, 0.05) is 27.3 Å². The molecule has 21 heavy (non-hydrogen) atoms. The highest BCUT2D eigenvalue weighted by Crippen LogP contribution is 2.51. The minimum atomic E-state index is -0.791. The minimum Gasteiger partial charge on any atom is -0.374 e. The average Bonchev–Trinajstić information content (AvgIpc) is 3.25. The van der Waals surface area contributed by atoms with E-state index in [2.05, 4.69) is 40.4 Å². The van der Waals surface area contributed by atoms with Gasteiger partial charge in [0.2, 0.25) is 0 Å². The molecule has 1 N–H and O–H groups in total. The third-order valence-electron chi connectivity index (χ3n) is 3.47. The molecule has 1 aliphatic heterocycles. The standard InChI is InChI=1S/C16H12OS4/c17-16(6-2-8-21-16)15-12(5-10-20-15)14-11(4-9-19-14)13-3-1-7-18-13/h1-5,7-10,17H,6H2. The largest absolute Gasteiger partial charge is 0.374 e. The summed E-state index contributed by atoms with van der Waals surface area (Å²) in [6, 6.07) is 8.56. The van der Waals surface area contributed by atoms with Gasteiger partial charge in [-0.2, -0.15) is 0 Å². The molecule has 106 valence electrons. The van der Waals surface area contributed by atoms with Gasteiger partial charge in [0.1, 0.15) is 0 Å². The molecular weight excluding hydrogens is 336 g/mol. The molecule has 3 aromatic heterocycles. The lowest BCUT2D eigenvalue weighted by atomic mass is 10.1. The molecule has 1 unspecified atom stereocenters. The zero-order valence-electron chi connectivity index (χ0n) is 11.0. The first kappa shape index (κ1) is 13.8. The number of thioether (sulfide) groups is 1. The zero-order valence-corrected chi connectivity index (χ0v) is 14.2. The first-order valence-electron chi connectivity index (χ1n) is 6.53. The van der Waals surface area contributed by atoms with E-state index in [0.29, 0.717) is 6.42 Å². The Morgan fingerprint density at radius 3 is 2.57 bits per heavy atom. The molecule has 1 atom stereocenters. The van der Waals surface area contributed by atoms with Crippen LogP contribution in [0.3, 0.4) is 0 Å². The van der Waals surface area contributed by atoms with Crippen molar-refractivity contribution in [1.82, 2.24) is 0 Å². The summed E-state index contributed by atoms with van der Waals surface area (Å²) in [6.45, 7) is 0. The number of rotatable bonds is 3. The van der Waals surface area contributed by atoms with E-state index in [9.17, 15) is 5.11 Å². The molecule has 3 aromatic rings. The fourth-order valence-electron chi connectivity index (χ4n) is 2.50. The fraction of sp³-hybridized carbons (Fsp3) is 0.125. The molecular formula is C16H12OS4. The van der Waals surface area contributed by atoms with Gasteiger partial charge in [-0.15, -0.1) is 34.0 Å². The molecule has 0 radical (unpaired) electrons. The Morgan fingerprint density at radius 1 is 0.952 bits per heavy atom. The van der Waals surface area contributed by atoms with Crippen LogP contribution in [0, 0.1) is 0 Å². The summed E-state index contributed by atoms with van der Waals surface area (Å²) in [5.41, 5.74) is 2.45. The van der Waals surface area contributed by atoms with E-state index in [-0.39, 0.29) is 0 Å². The van der Waals surface area contributed by atoms with Crippen molar-refractivity contribution < 1.29 is 5.11 Å². The van der Waals surface area contributed by atoms with Crippen LogP contribution in [0.1, 0.15) is 11.3 Å². The molecule has 1 nitrogen and oxygen atoms in total. The number of hydrogen-bond donors (Lipinski definition) is 1. The Morgan fingerprint density at radius 2 is 1.81 bits per heavy atom. The predicted octanol–water partition coefficient (Wildman–Crippen LogP) is 6.00. The normalized spacial score (nSPS) is 21.2. The monoisotopic (exact) mass is 348 g/mol. The van der Waals surface area contributed by atoms with E-state index in [1.807, 2.05) is 11.5 Å². The first-order chi connectivity index (χ1) is 10.3. The van der Waals surface area contributed by atoms with Gasteiger partial charge in [0.15, 0.2) is 4.93 Å².